The van der Waals surface area contributed by atoms with Crippen LogP contribution in [0.1, 0.15) is 30.3 Å². The summed E-state index contributed by atoms with van der Waals surface area (Å²) < 4.78 is 7.78. The number of benzene rings is 1. The molecule has 4 nitrogen and oxygen atoms in total. The molecule has 1 unspecified atom stereocenters. The summed E-state index contributed by atoms with van der Waals surface area (Å²) in [7, 11) is 1.92. The normalized spacial score (nSPS) is 12.4. The third kappa shape index (κ3) is 4.22. The molecule has 2 aromatic rings. The third-order valence-corrected chi connectivity index (χ3v) is 3.74. The molecule has 0 bridgehead atoms. The first-order valence-corrected chi connectivity index (χ1v) is 7.53. The van der Waals surface area contributed by atoms with E-state index < -0.39 is 0 Å². The smallest absolute Gasteiger partial charge is 0.130 e. The predicted molar refractivity (Wildman–Crippen MR) is 85.7 cm³/mol. The number of halogens is 1. The summed E-state index contributed by atoms with van der Waals surface area (Å²) in [4.78, 5) is 0. The fraction of sp³-hybridized carbons (Fsp3) is 0.438. The van der Waals surface area contributed by atoms with Gasteiger partial charge in [0.2, 0.25) is 0 Å². The first-order chi connectivity index (χ1) is 9.99. The molecule has 114 valence electrons. The van der Waals surface area contributed by atoms with Crippen LogP contribution in [0.4, 0.5) is 0 Å². The van der Waals surface area contributed by atoms with Crippen molar-refractivity contribution in [3.05, 3.63) is 46.2 Å². The number of hydrogen-bond donors (Lipinski definition) is 1. The number of aromatic nitrogens is 2. The molecule has 0 saturated carbocycles. The molecule has 0 aliphatic heterocycles. The zero-order valence-corrected chi connectivity index (χ0v) is 13.5. The minimum absolute atomic E-state index is 0.116. The van der Waals surface area contributed by atoms with Crippen LogP contribution < -0.4 is 10.5 Å². The van der Waals surface area contributed by atoms with Crippen LogP contribution in [0.2, 0.25) is 5.02 Å². The molecule has 0 fully saturated rings. The predicted octanol–water partition coefficient (Wildman–Crippen LogP) is 3.24. The fourth-order valence-corrected chi connectivity index (χ4v) is 2.42. The average molecular weight is 308 g/mol. The van der Waals surface area contributed by atoms with E-state index in [4.69, 9.17) is 22.1 Å². The third-order valence-electron chi connectivity index (χ3n) is 3.50. The van der Waals surface area contributed by atoms with Crippen molar-refractivity contribution in [3.63, 3.8) is 0 Å². The second kappa shape index (κ2) is 6.96. The van der Waals surface area contributed by atoms with Crippen molar-refractivity contribution in [2.75, 3.05) is 0 Å². The van der Waals surface area contributed by atoms with Gasteiger partial charge >= 0.3 is 0 Å². The highest BCUT2D eigenvalue weighted by Gasteiger charge is 2.10. The van der Waals surface area contributed by atoms with Gasteiger partial charge in [0, 0.05) is 18.1 Å². The van der Waals surface area contributed by atoms with Gasteiger partial charge < -0.3 is 10.5 Å². The van der Waals surface area contributed by atoms with Gasteiger partial charge in [-0.05, 0) is 49.6 Å². The number of nitrogens with zero attached hydrogens (tertiary/aromatic N) is 2. The van der Waals surface area contributed by atoms with E-state index in [2.05, 4.69) is 12.0 Å². The summed E-state index contributed by atoms with van der Waals surface area (Å²) in [6, 6.07) is 7.81. The van der Waals surface area contributed by atoms with Gasteiger partial charge in [-0.25, -0.2) is 0 Å². The van der Waals surface area contributed by atoms with Crippen LogP contribution in [0.15, 0.2) is 24.3 Å². The number of rotatable bonds is 6. The molecule has 2 rings (SSSR count). The van der Waals surface area contributed by atoms with Crippen LogP contribution >= 0.6 is 11.6 Å². The Kier molecular flexibility index (Phi) is 5.26. The Bertz CT molecular complexity index is 610. The molecule has 0 aliphatic rings. The molecule has 0 spiro atoms. The Morgan fingerprint density at radius 3 is 2.76 bits per heavy atom. The van der Waals surface area contributed by atoms with Crippen LogP contribution in [-0.4, -0.2) is 15.8 Å². The van der Waals surface area contributed by atoms with E-state index in [9.17, 15) is 0 Å². The average Bonchev–Trinajstić information content (AvgIpc) is 2.76. The van der Waals surface area contributed by atoms with Crippen LogP contribution in [0.5, 0.6) is 5.75 Å². The van der Waals surface area contributed by atoms with Crippen molar-refractivity contribution in [2.45, 2.75) is 39.3 Å². The maximum absolute atomic E-state index is 6.08. The molecule has 21 heavy (non-hydrogen) atoms. The van der Waals surface area contributed by atoms with E-state index in [-0.39, 0.29) is 6.04 Å². The SMILES string of the molecule is CCC(N)Cc1cc(Cl)ccc1OCc1cc(C)nn1C. The highest BCUT2D eigenvalue weighted by Crippen LogP contribution is 2.25. The lowest BCUT2D eigenvalue weighted by atomic mass is 10.0. The van der Waals surface area contributed by atoms with E-state index >= 15 is 0 Å². The molecular weight excluding hydrogens is 286 g/mol. The molecule has 0 radical (unpaired) electrons. The first-order valence-electron chi connectivity index (χ1n) is 7.16. The summed E-state index contributed by atoms with van der Waals surface area (Å²) in [5.41, 5.74) is 9.12. The van der Waals surface area contributed by atoms with Gasteiger partial charge in [-0.2, -0.15) is 5.10 Å². The summed E-state index contributed by atoms with van der Waals surface area (Å²) in [6.45, 7) is 4.53. The molecule has 1 atom stereocenters. The molecule has 5 heteroatoms. The maximum atomic E-state index is 6.08. The Hall–Kier alpha value is -1.52. The van der Waals surface area contributed by atoms with E-state index in [0.717, 1.165) is 35.5 Å². The molecule has 1 heterocycles. The second-order valence-electron chi connectivity index (χ2n) is 5.31. The van der Waals surface area contributed by atoms with Crippen LogP contribution in [0.3, 0.4) is 0 Å². The highest BCUT2D eigenvalue weighted by molar-refractivity contribution is 6.30. The lowest BCUT2D eigenvalue weighted by Gasteiger charge is -2.15. The van der Waals surface area contributed by atoms with Gasteiger partial charge in [-0.15, -0.1) is 0 Å². The van der Waals surface area contributed by atoms with Crippen molar-refractivity contribution < 1.29 is 4.74 Å². The van der Waals surface area contributed by atoms with E-state index in [1.807, 2.05) is 42.9 Å². The largest absolute Gasteiger partial charge is 0.487 e. The second-order valence-corrected chi connectivity index (χ2v) is 5.75. The molecule has 2 N–H and O–H groups in total. The lowest BCUT2D eigenvalue weighted by molar-refractivity contribution is 0.291. The molecule has 0 amide bonds. The van der Waals surface area contributed by atoms with Gasteiger partial charge in [0.1, 0.15) is 12.4 Å². The van der Waals surface area contributed by atoms with Crippen LogP contribution in [-0.2, 0) is 20.1 Å². The monoisotopic (exact) mass is 307 g/mol. The quantitative estimate of drug-likeness (QED) is 0.891. The number of ether oxygens (including phenoxy) is 1. The summed E-state index contributed by atoms with van der Waals surface area (Å²) in [5.74, 6) is 0.835. The van der Waals surface area contributed by atoms with Crippen molar-refractivity contribution >= 4 is 11.6 Å². The van der Waals surface area contributed by atoms with Gasteiger partial charge in [0.15, 0.2) is 0 Å². The lowest BCUT2D eigenvalue weighted by Crippen LogP contribution is -2.21. The topological polar surface area (TPSA) is 53.1 Å². The van der Waals surface area contributed by atoms with Crippen LogP contribution in [0.25, 0.3) is 0 Å². The summed E-state index contributed by atoms with van der Waals surface area (Å²) in [5, 5.41) is 5.02. The molecule has 1 aromatic heterocycles. The van der Waals surface area contributed by atoms with Gasteiger partial charge in [-0.1, -0.05) is 18.5 Å². The van der Waals surface area contributed by atoms with Crippen molar-refractivity contribution in [1.29, 1.82) is 0 Å². The minimum Gasteiger partial charge on any atom is -0.487 e. The number of hydrogen-bond acceptors (Lipinski definition) is 3. The fourth-order valence-electron chi connectivity index (χ4n) is 2.23. The molecule has 0 saturated heterocycles. The number of nitrogens with two attached hydrogens (primary N) is 1. The molecular formula is C16H22ClN3O. The van der Waals surface area contributed by atoms with Crippen LogP contribution in [0, 0.1) is 6.92 Å². The van der Waals surface area contributed by atoms with E-state index in [1.54, 1.807) is 0 Å². The Labute approximate surface area is 130 Å². The first kappa shape index (κ1) is 15.9. The van der Waals surface area contributed by atoms with E-state index in [1.165, 1.54) is 0 Å². The Balaban J connectivity index is 2.13. The van der Waals surface area contributed by atoms with Crippen molar-refractivity contribution in [2.24, 2.45) is 12.8 Å². The van der Waals surface area contributed by atoms with Crippen molar-refractivity contribution in [3.8, 4) is 5.75 Å². The van der Waals surface area contributed by atoms with Crippen molar-refractivity contribution in [1.82, 2.24) is 9.78 Å². The van der Waals surface area contributed by atoms with E-state index in [0.29, 0.717) is 11.6 Å². The summed E-state index contributed by atoms with van der Waals surface area (Å²) in [6.07, 6.45) is 1.68. The Morgan fingerprint density at radius 2 is 2.14 bits per heavy atom. The van der Waals surface area contributed by atoms with Gasteiger partial charge in [-0.3, -0.25) is 4.68 Å². The summed E-state index contributed by atoms with van der Waals surface area (Å²) >= 11 is 6.08. The highest BCUT2D eigenvalue weighted by atomic mass is 35.5. The number of aryl methyl sites for hydroxylation is 2. The zero-order valence-electron chi connectivity index (χ0n) is 12.8. The molecule has 0 aliphatic carbocycles. The molecule has 1 aromatic carbocycles. The minimum atomic E-state index is 0.116. The Morgan fingerprint density at radius 1 is 1.38 bits per heavy atom. The van der Waals surface area contributed by atoms with Gasteiger partial charge in [0.25, 0.3) is 0 Å². The standard InChI is InChI=1S/C16H22ClN3O/c1-4-14(18)9-12-8-13(17)5-6-16(12)21-10-15-7-11(2)19-20(15)3/h5-8,14H,4,9-10,18H2,1-3H3. The maximum Gasteiger partial charge on any atom is 0.130 e. The zero-order chi connectivity index (χ0) is 15.4. The van der Waals surface area contributed by atoms with Gasteiger partial charge in [0.05, 0.1) is 11.4 Å².